The Bertz CT molecular complexity index is 1030. The molecule has 4 nitrogen and oxygen atoms in total. The third kappa shape index (κ3) is 5.22. The number of hydrogen-bond acceptors (Lipinski definition) is 5. The molecule has 0 bridgehead atoms. The van der Waals surface area contributed by atoms with Crippen molar-refractivity contribution in [2.45, 2.75) is 77.0 Å². The van der Waals surface area contributed by atoms with Gasteiger partial charge in [0.1, 0.15) is 17.1 Å². The van der Waals surface area contributed by atoms with Crippen molar-refractivity contribution in [3.8, 4) is 6.07 Å². The van der Waals surface area contributed by atoms with Gasteiger partial charge in [0.25, 0.3) is 0 Å². The monoisotopic (exact) mass is 536 g/mol. The van der Waals surface area contributed by atoms with E-state index in [1.807, 2.05) is 50.4 Å². The van der Waals surface area contributed by atoms with Crippen LogP contribution in [0.1, 0.15) is 64.3 Å². The molecule has 1 aliphatic rings. The lowest BCUT2D eigenvalue weighted by molar-refractivity contribution is -0.157. The highest BCUT2D eigenvalue weighted by atomic mass is 79.9. The summed E-state index contributed by atoms with van der Waals surface area (Å²) in [6.45, 7) is 12.0. The highest BCUT2D eigenvalue weighted by Gasteiger charge is 2.61. The molecule has 1 aliphatic heterocycles. The first-order valence-corrected chi connectivity index (χ1v) is 12.7. The lowest BCUT2D eigenvalue weighted by Gasteiger charge is -2.36. The molecule has 2 aromatic rings. The summed E-state index contributed by atoms with van der Waals surface area (Å²) in [5.41, 5.74) is -0.809. The summed E-state index contributed by atoms with van der Waals surface area (Å²) in [7, 11) is 0. The average Bonchev–Trinajstić information content (AvgIpc) is 3.21. The van der Waals surface area contributed by atoms with Crippen LogP contribution >= 0.6 is 38.9 Å². The number of hydrogen-bond donors (Lipinski definition) is 1. The normalized spacial score (nSPS) is 26.0. The molecule has 0 spiro atoms. The molecule has 32 heavy (non-hydrogen) atoms. The van der Waals surface area contributed by atoms with Crippen LogP contribution in [-0.2, 0) is 14.9 Å². The van der Waals surface area contributed by atoms with Gasteiger partial charge in [-0.15, -0.1) is 11.3 Å². The van der Waals surface area contributed by atoms with Gasteiger partial charge >= 0.3 is 5.97 Å². The predicted molar refractivity (Wildman–Crippen MR) is 134 cm³/mol. The standard InChI is InChI=1S/C25H30BrClN2O2S/c1-23(2,3)12-18-25(14-28,19-11-16(26)13-32-19)20(15-8-7-9-17(27)10-15)21(29-18)22(30)31-24(4,5)6/h7-11,13,18,20-21,29H,12H2,1-6H3. The molecule has 2 heterocycles. The zero-order valence-corrected chi connectivity index (χ0v) is 22.5. The van der Waals surface area contributed by atoms with Crippen LogP contribution in [0.2, 0.25) is 5.02 Å². The Balaban J connectivity index is 2.25. The van der Waals surface area contributed by atoms with E-state index in [2.05, 4.69) is 48.1 Å². The Hall–Kier alpha value is -1.39. The molecule has 0 radical (unpaired) electrons. The predicted octanol–water partition coefficient (Wildman–Crippen LogP) is 6.83. The maximum Gasteiger partial charge on any atom is 0.324 e. The van der Waals surface area contributed by atoms with Crippen molar-refractivity contribution in [3.05, 3.63) is 55.6 Å². The van der Waals surface area contributed by atoms with Crippen molar-refractivity contribution < 1.29 is 9.53 Å². The number of carbonyl (C=O) groups excluding carboxylic acids is 1. The number of ether oxygens (including phenoxy) is 1. The van der Waals surface area contributed by atoms with E-state index >= 15 is 0 Å². The Morgan fingerprint density at radius 1 is 1.28 bits per heavy atom. The van der Waals surface area contributed by atoms with Gasteiger partial charge in [-0.3, -0.25) is 10.1 Å². The van der Waals surface area contributed by atoms with Gasteiger partial charge in [-0.1, -0.05) is 44.5 Å². The third-order valence-corrected chi connectivity index (χ3v) is 7.68. The van der Waals surface area contributed by atoms with Crippen LogP contribution in [0.4, 0.5) is 0 Å². The van der Waals surface area contributed by atoms with Crippen molar-refractivity contribution in [3.63, 3.8) is 0 Å². The van der Waals surface area contributed by atoms with Crippen LogP contribution in [0.3, 0.4) is 0 Å². The summed E-state index contributed by atoms with van der Waals surface area (Å²) >= 11 is 11.5. The number of halogens is 2. The van der Waals surface area contributed by atoms with Crippen molar-refractivity contribution >= 4 is 44.8 Å². The molecule has 1 saturated heterocycles. The van der Waals surface area contributed by atoms with Crippen LogP contribution in [0.5, 0.6) is 0 Å². The summed E-state index contributed by atoms with van der Waals surface area (Å²) in [6, 6.07) is 11.2. The molecule has 1 fully saturated rings. The molecule has 0 amide bonds. The van der Waals surface area contributed by atoms with E-state index in [9.17, 15) is 10.1 Å². The zero-order valence-electron chi connectivity index (χ0n) is 19.3. The Labute approximate surface area is 208 Å². The number of benzene rings is 1. The minimum Gasteiger partial charge on any atom is -0.459 e. The summed E-state index contributed by atoms with van der Waals surface area (Å²) < 4.78 is 6.73. The van der Waals surface area contributed by atoms with E-state index in [1.54, 1.807) is 6.07 Å². The van der Waals surface area contributed by atoms with E-state index < -0.39 is 23.0 Å². The van der Waals surface area contributed by atoms with E-state index in [4.69, 9.17) is 16.3 Å². The van der Waals surface area contributed by atoms with Gasteiger partial charge in [0.15, 0.2) is 0 Å². The fraction of sp³-hybridized carbons (Fsp3) is 0.520. The maximum atomic E-state index is 13.4. The minimum absolute atomic E-state index is 0.0596. The Morgan fingerprint density at radius 3 is 2.47 bits per heavy atom. The number of esters is 1. The number of carbonyl (C=O) groups is 1. The molecule has 1 N–H and O–H groups in total. The van der Waals surface area contributed by atoms with Crippen molar-refractivity contribution in [1.82, 2.24) is 5.32 Å². The van der Waals surface area contributed by atoms with Gasteiger partial charge in [0, 0.05) is 31.7 Å². The molecule has 1 aromatic carbocycles. The van der Waals surface area contributed by atoms with Crippen LogP contribution in [-0.4, -0.2) is 23.7 Å². The van der Waals surface area contributed by atoms with E-state index in [-0.39, 0.29) is 17.4 Å². The van der Waals surface area contributed by atoms with Gasteiger partial charge in [-0.05, 0) is 72.3 Å². The number of nitrogens with one attached hydrogen (secondary N) is 1. The molecule has 1 aromatic heterocycles. The molecule has 172 valence electrons. The molecular weight excluding hydrogens is 508 g/mol. The minimum atomic E-state index is -0.962. The van der Waals surface area contributed by atoms with E-state index in [1.165, 1.54) is 11.3 Å². The van der Waals surface area contributed by atoms with Gasteiger partial charge in [0.05, 0.1) is 6.07 Å². The summed E-state index contributed by atoms with van der Waals surface area (Å²) in [4.78, 5) is 14.4. The average molecular weight is 538 g/mol. The smallest absolute Gasteiger partial charge is 0.324 e. The molecule has 3 rings (SSSR count). The summed E-state index contributed by atoms with van der Waals surface area (Å²) in [6.07, 6.45) is 0.715. The summed E-state index contributed by atoms with van der Waals surface area (Å²) in [5.74, 6) is -0.812. The first-order chi connectivity index (χ1) is 14.8. The molecule has 4 unspecified atom stereocenters. The van der Waals surface area contributed by atoms with Crippen molar-refractivity contribution in [2.75, 3.05) is 0 Å². The van der Waals surface area contributed by atoms with E-state index in [0.717, 1.165) is 14.9 Å². The Kier molecular flexibility index (Phi) is 7.18. The quantitative estimate of drug-likeness (QED) is 0.434. The highest BCUT2D eigenvalue weighted by Crippen LogP contribution is 2.53. The van der Waals surface area contributed by atoms with Crippen LogP contribution < -0.4 is 5.32 Å². The van der Waals surface area contributed by atoms with Crippen LogP contribution in [0.25, 0.3) is 0 Å². The second-order valence-corrected chi connectivity index (χ2v) is 12.9. The SMILES string of the molecule is CC(C)(C)CC1NC(C(=O)OC(C)(C)C)C(c2cccc(Cl)c2)C1(C#N)c1cc(Br)cs1. The third-order valence-electron chi connectivity index (χ3n) is 5.60. The molecule has 0 aliphatic carbocycles. The topological polar surface area (TPSA) is 62.1 Å². The van der Waals surface area contributed by atoms with Gasteiger partial charge in [0.2, 0.25) is 0 Å². The molecular formula is C25H30BrClN2O2S. The number of thiophene rings is 1. The molecule has 0 saturated carbocycles. The summed E-state index contributed by atoms with van der Waals surface area (Å²) in [5, 5.41) is 16.9. The fourth-order valence-electron chi connectivity index (χ4n) is 4.54. The number of rotatable bonds is 4. The van der Waals surface area contributed by atoms with Gasteiger partial charge in [-0.25, -0.2) is 0 Å². The van der Waals surface area contributed by atoms with Gasteiger partial charge < -0.3 is 4.74 Å². The van der Waals surface area contributed by atoms with Crippen molar-refractivity contribution in [1.29, 1.82) is 5.26 Å². The zero-order chi connectivity index (χ0) is 23.9. The maximum absolute atomic E-state index is 13.4. The lowest BCUT2D eigenvalue weighted by Crippen LogP contribution is -2.44. The largest absolute Gasteiger partial charge is 0.459 e. The molecule has 7 heteroatoms. The lowest BCUT2D eigenvalue weighted by atomic mass is 9.65. The van der Waals surface area contributed by atoms with Crippen LogP contribution in [0.15, 0.2) is 40.2 Å². The molecule has 4 atom stereocenters. The Morgan fingerprint density at radius 2 is 1.97 bits per heavy atom. The number of nitrogens with zero attached hydrogens (tertiary/aromatic N) is 1. The van der Waals surface area contributed by atoms with E-state index in [0.29, 0.717) is 11.4 Å². The van der Waals surface area contributed by atoms with Gasteiger partial charge in [-0.2, -0.15) is 5.26 Å². The second-order valence-electron chi connectivity index (χ2n) is 10.6. The first kappa shape index (κ1) is 25.2. The fourth-order valence-corrected chi connectivity index (χ4v) is 6.41. The first-order valence-electron chi connectivity index (χ1n) is 10.7. The number of nitriles is 1. The highest BCUT2D eigenvalue weighted by molar-refractivity contribution is 9.10. The van der Waals surface area contributed by atoms with Crippen molar-refractivity contribution in [2.24, 2.45) is 5.41 Å². The second kappa shape index (κ2) is 9.10. The van der Waals surface area contributed by atoms with Crippen LogP contribution in [0, 0.1) is 16.7 Å².